The van der Waals surface area contributed by atoms with E-state index < -0.39 is 5.41 Å². The Kier molecular flexibility index (Phi) is 3.50. The van der Waals surface area contributed by atoms with Crippen LogP contribution in [0.25, 0.3) is 0 Å². The molecule has 0 saturated heterocycles. The molecule has 1 aromatic heterocycles. The van der Waals surface area contributed by atoms with Crippen molar-refractivity contribution in [3.05, 3.63) is 45.7 Å². The van der Waals surface area contributed by atoms with Gasteiger partial charge in [0.2, 0.25) is 0 Å². The van der Waals surface area contributed by atoms with Crippen LogP contribution in [0, 0.1) is 18.3 Å². The summed E-state index contributed by atoms with van der Waals surface area (Å²) in [6, 6.07) is 10.4. The van der Waals surface area contributed by atoms with E-state index in [1.807, 2.05) is 42.9 Å². The van der Waals surface area contributed by atoms with Gasteiger partial charge in [-0.25, -0.2) is 0 Å². The van der Waals surface area contributed by atoms with Crippen LogP contribution in [0.3, 0.4) is 0 Å². The predicted octanol–water partition coefficient (Wildman–Crippen LogP) is 3.28. The predicted molar refractivity (Wildman–Crippen MR) is 83.2 cm³/mol. The molecule has 5 heteroatoms. The molecule has 2 aromatic rings. The summed E-state index contributed by atoms with van der Waals surface area (Å²) in [5.74, 6) is 0.820. The molecule has 3 rings (SSSR count). The molecule has 0 aliphatic carbocycles. The molecule has 0 spiro atoms. The SMILES string of the molecule is Cc1nn(C)c(CC2(C#N)CCOc3ccccc32)c1Br. The standard InChI is InChI=1S/C16H16BrN3O/c1-11-15(17)13(20(2)19-11)9-16(10-18)7-8-21-14-6-4-3-5-12(14)16/h3-6H,7-9H2,1-2H3. The first-order valence-corrected chi connectivity index (χ1v) is 7.68. The quantitative estimate of drug-likeness (QED) is 0.839. The molecular formula is C16H16BrN3O. The molecule has 1 atom stereocenters. The van der Waals surface area contributed by atoms with Crippen LogP contribution in [0.1, 0.15) is 23.4 Å². The monoisotopic (exact) mass is 345 g/mol. The molecular weight excluding hydrogens is 330 g/mol. The Morgan fingerprint density at radius 3 is 2.90 bits per heavy atom. The maximum absolute atomic E-state index is 9.89. The van der Waals surface area contributed by atoms with Crippen LogP contribution in [0.15, 0.2) is 28.7 Å². The smallest absolute Gasteiger partial charge is 0.124 e. The molecule has 108 valence electrons. The minimum atomic E-state index is -0.558. The zero-order valence-electron chi connectivity index (χ0n) is 12.1. The fraction of sp³-hybridized carbons (Fsp3) is 0.375. The minimum absolute atomic E-state index is 0.558. The van der Waals surface area contributed by atoms with Crippen LogP contribution >= 0.6 is 15.9 Å². The molecule has 1 aliphatic rings. The molecule has 0 radical (unpaired) electrons. The maximum atomic E-state index is 9.89. The zero-order valence-corrected chi connectivity index (χ0v) is 13.6. The number of rotatable bonds is 2. The molecule has 0 amide bonds. The van der Waals surface area contributed by atoms with E-state index in [4.69, 9.17) is 4.74 Å². The molecule has 0 bridgehead atoms. The van der Waals surface area contributed by atoms with E-state index in [-0.39, 0.29) is 0 Å². The van der Waals surface area contributed by atoms with Gasteiger partial charge in [-0.05, 0) is 28.9 Å². The van der Waals surface area contributed by atoms with E-state index in [1.165, 1.54) is 0 Å². The van der Waals surface area contributed by atoms with Gasteiger partial charge in [-0.15, -0.1) is 0 Å². The highest BCUT2D eigenvalue weighted by Gasteiger charge is 2.39. The van der Waals surface area contributed by atoms with E-state index in [9.17, 15) is 5.26 Å². The van der Waals surface area contributed by atoms with E-state index in [1.54, 1.807) is 0 Å². The van der Waals surface area contributed by atoms with Crippen molar-refractivity contribution < 1.29 is 4.74 Å². The number of halogens is 1. The number of aromatic nitrogens is 2. The Balaban J connectivity index is 2.09. The molecule has 1 unspecified atom stereocenters. The molecule has 1 aliphatic heterocycles. The van der Waals surface area contributed by atoms with Crippen molar-refractivity contribution in [2.75, 3.05) is 6.61 Å². The number of para-hydroxylation sites is 1. The van der Waals surface area contributed by atoms with E-state index in [0.717, 1.165) is 27.2 Å². The summed E-state index contributed by atoms with van der Waals surface area (Å²) < 4.78 is 8.55. The molecule has 0 N–H and O–H groups in total. The molecule has 4 nitrogen and oxygen atoms in total. The summed E-state index contributed by atoms with van der Waals surface area (Å²) >= 11 is 3.60. The summed E-state index contributed by atoms with van der Waals surface area (Å²) in [6.45, 7) is 2.53. The summed E-state index contributed by atoms with van der Waals surface area (Å²) in [5, 5.41) is 14.3. The minimum Gasteiger partial charge on any atom is -0.493 e. The van der Waals surface area contributed by atoms with Gasteiger partial charge < -0.3 is 4.74 Å². The summed E-state index contributed by atoms with van der Waals surface area (Å²) in [4.78, 5) is 0. The fourth-order valence-electron chi connectivity index (χ4n) is 2.96. The third kappa shape index (κ3) is 2.24. The molecule has 0 saturated carbocycles. The van der Waals surface area contributed by atoms with Crippen molar-refractivity contribution in [1.29, 1.82) is 5.26 Å². The lowest BCUT2D eigenvalue weighted by Gasteiger charge is -2.33. The molecule has 2 heterocycles. The van der Waals surface area contributed by atoms with Gasteiger partial charge >= 0.3 is 0 Å². The second kappa shape index (κ2) is 5.19. The topological polar surface area (TPSA) is 50.8 Å². The number of benzene rings is 1. The van der Waals surface area contributed by atoms with Gasteiger partial charge in [0.1, 0.15) is 5.75 Å². The Hall–Kier alpha value is -1.80. The van der Waals surface area contributed by atoms with E-state index in [2.05, 4.69) is 27.1 Å². The normalized spacial score (nSPS) is 20.5. The summed E-state index contributed by atoms with van der Waals surface area (Å²) in [6.07, 6.45) is 1.32. The lowest BCUT2D eigenvalue weighted by atomic mass is 9.74. The maximum Gasteiger partial charge on any atom is 0.124 e. The van der Waals surface area contributed by atoms with Crippen LogP contribution in [-0.2, 0) is 18.9 Å². The second-order valence-corrected chi connectivity index (χ2v) is 6.23. The van der Waals surface area contributed by atoms with E-state index in [0.29, 0.717) is 19.4 Å². The molecule has 0 fully saturated rings. The fourth-order valence-corrected chi connectivity index (χ4v) is 3.43. The van der Waals surface area contributed by atoms with Crippen molar-refractivity contribution >= 4 is 15.9 Å². The lowest BCUT2D eigenvalue weighted by Crippen LogP contribution is -2.34. The lowest BCUT2D eigenvalue weighted by molar-refractivity contribution is 0.239. The van der Waals surface area contributed by atoms with Crippen LogP contribution in [-0.4, -0.2) is 16.4 Å². The van der Waals surface area contributed by atoms with Crippen LogP contribution in [0.2, 0.25) is 0 Å². The van der Waals surface area contributed by atoms with Crippen molar-refractivity contribution in [2.24, 2.45) is 7.05 Å². The summed E-state index contributed by atoms with van der Waals surface area (Å²) in [7, 11) is 1.92. The average molecular weight is 346 g/mol. The Morgan fingerprint density at radius 1 is 1.48 bits per heavy atom. The zero-order chi connectivity index (χ0) is 15.0. The summed E-state index contributed by atoms with van der Waals surface area (Å²) in [5.41, 5.74) is 2.41. The average Bonchev–Trinajstić information content (AvgIpc) is 2.74. The number of hydrogen-bond donors (Lipinski definition) is 0. The van der Waals surface area contributed by atoms with Gasteiger partial charge in [0.15, 0.2) is 0 Å². The van der Waals surface area contributed by atoms with Crippen molar-refractivity contribution in [1.82, 2.24) is 9.78 Å². The first kappa shape index (κ1) is 14.2. The van der Waals surface area contributed by atoms with Crippen LogP contribution < -0.4 is 4.74 Å². The first-order chi connectivity index (χ1) is 10.1. The number of hydrogen-bond acceptors (Lipinski definition) is 3. The second-order valence-electron chi connectivity index (χ2n) is 5.44. The molecule has 21 heavy (non-hydrogen) atoms. The van der Waals surface area contributed by atoms with Crippen molar-refractivity contribution in [3.8, 4) is 11.8 Å². The van der Waals surface area contributed by atoms with E-state index >= 15 is 0 Å². The van der Waals surface area contributed by atoms with Gasteiger partial charge in [0.05, 0.1) is 34.0 Å². The number of nitrogens with zero attached hydrogens (tertiary/aromatic N) is 3. The third-order valence-corrected chi connectivity index (χ3v) is 5.17. The van der Waals surface area contributed by atoms with Gasteiger partial charge in [0, 0.05) is 25.5 Å². The van der Waals surface area contributed by atoms with Crippen LogP contribution in [0.4, 0.5) is 0 Å². The Labute approximate surface area is 132 Å². The highest BCUT2D eigenvalue weighted by Crippen LogP contribution is 2.41. The highest BCUT2D eigenvalue weighted by atomic mass is 79.9. The van der Waals surface area contributed by atoms with Gasteiger partial charge in [0.25, 0.3) is 0 Å². The van der Waals surface area contributed by atoms with Crippen LogP contribution in [0.5, 0.6) is 5.75 Å². The number of fused-ring (bicyclic) bond motifs is 1. The number of ether oxygens (including phenoxy) is 1. The van der Waals surface area contributed by atoms with Crippen molar-refractivity contribution in [2.45, 2.75) is 25.2 Å². The third-order valence-electron chi connectivity index (χ3n) is 4.13. The Bertz CT molecular complexity index is 732. The highest BCUT2D eigenvalue weighted by molar-refractivity contribution is 9.10. The molecule has 1 aromatic carbocycles. The van der Waals surface area contributed by atoms with Gasteiger partial charge in [-0.3, -0.25) is 4.68 Å². The first-order valence-electron chi connectivity index (χ1n) is 6.89. The number of nitriles is 1. The van der Waals surface area contributed by atoms with Gasteiger partial charge in [-0.1, -0.05) is 18.2 Å². The van der Waals surface area contributed by atoms with Gasteiger partial charge in [-0.2, -0.15) is 10.4 Å². The van der Waals surface area contributed by atoms with Crippen molar-refractivity contribution in [3.63, 3.8) is 0 Å². The Morgan fingerprint density at radius 2 is 2.24 bits per heavy atom. The largest absolute Gasteiger partial charge is 0.493 e. The number of aryl methyl sites for hydroxylation is 2.